The molecule has 4 aromatic rings. The third-order valence-corrected chi connectivity index (χ3v) is 7.07. The highest BCUT2D eigenvalue weighted by atomic mass is 79.9. The van der Waals surface area contributed by atoms with Crippen molar-refractivity contribution in [1.82, 2.24) is 0 Å². The van der Waals surface area contributed by atoms with E-state index in [1.165, 1.54) is 0 Å². The van der Waals surface area contributed by atoms with Gasteiger partial charge in [0.1, 0.15) is 0 Å². The first-order valence-corrected chi connectivity index (χ1v) is 12.5. The predicted molar refractivity (Wildman–Crippen MR) is 146 cm³/mol. The molecule has 1 atom stereocenters. The number of carbonyl (C=O) groups is 1. The Kier molecular flexibility index (Phi) is 6.74. The van der Waals surface area contributed by atoms with Gasteiger partial charge in [-0.2, -0.15) is 4.99 Å². The summed E-state index contributed by atoms with van der Waals surface area (Å²) in [7, 11) is 0. The third-order valence-electron chi connectivity index (χ3n) is 5.49. The van der Waals surface area contributed by atoms with Crippen LogP contribution in [0.3, 0.4) is 0 Å². The van der Waals surface area contributed by atoms with Crippen LogP contribution in [-0.4, -0.2) is 11.1 Å². The lowest BCUT2D eigenvalue weighted by atomic mass is 10.0. The lowest BCUT2D eigenvalue weighted by Crippen LogP contribution is -2.28. The molecule has 4 aromatic carbocycles. The molecule has 1 unspecified atom stereocenters. The minimum absolute atomic E-state index is 0.0923. The van der Waals surface area contributed by atoms with Crippen molar-refractivity contribution in [3.8, 4) is 0 Å². The number of rotatable bonds is 4. The molecule has 1 heterocycles. The second kappa shape index (κ2) is 10.2. The third kappa shape index (κ3) is 4.91. The normalized spacial score (nSPS) is 17.9. The van der Waals surface area contributed by atoms with Gasteiger partial charge in [0.2, 0.25) is 0 Å². The highest BCUT2D eigenvalue weighted by Gasteiger charge is 2.37. The van der Waals surface area contributed by atoms with Crippen LogP contribution in [0.4, 0.5) is 5.69 Å². The molecule has 1 aliphatic rings. The van der Waals surface area contributed by atoms with Crippen LogP contribution in [0.2, 0.25) is 0 Å². The van der Waals surface area contributed by atoms with Crippen LogP contribution in [0.1, 0.15) is 27.5 Å². The van der Waals surface area contributed by atoms with Crippen molar-refractivity contribution >= 4 is 50.5 Å². The van der Waals surface area contributed by atoms with E-state index in [9.17, 15) is 4.79 Å². The molecule has 1 amide bonds. The summed E-state index contributed by atoms with van der Waals surface area (Å²) in [5, 5.41) is 0.662. The van der Waals surface area contributed by atoms with E-state index in [1.54, 1.807) is 23.9 Å². The Labute approximate surface area is 212 Å². The number of amidine groups is 1. The molecule has 0 radical (unpaired) electrons. The molecule has 0 aliphatic carbocycles. The number of benzene rings is 4. The Morgan fingerprint density at radius 2 is 1.38 bits per heavy atom. The molecule has 0 aromatic heterocycles. The molecule has 1 fully saturated rings. The van der Waals surface area contributed by atoms with E-state index in [2.05, 4.69) is 68.3 Å². The topological polar surface area (TPSA) is 32.7 Å². The highest BCUT2D eigenvalue weighted by Crippen LogP contribution is 2.48. The fraction of sp³-hybridized carbons (Fsp3) is 0.0345. The molecule has 5 heteroatoms. The Hall–Kier alpha value is -3.41. The fourth-order valence-corrected chi connectivity index (χ4v) is 5.35. The minimum Gasteiger partial charge on any atom is -0.308 e. The summed E-state index contributed by atoms with van der Waals surface area (Å²) in [6.07, 6.45) is 2.19. The van der Waals surface area contributed by atoms with Crippen LogP contribution in [0.5, 0.6) is 0 Å². The molecule has 0 N–H and O–H groups in total. The van der Waals surface area contributed by atoms with Crippen LogP contribution >= 0.6 is 27.7 Å². The zero-order valence-electron chi connectivity index (χ0n) is 18.2. The number of anilines is 1. The van der Waals surface area contributed by atoms with Crippen LogP contribution in [-0.2, 0) is 0 Å². The van der Waals surface area contributed by atoms with Gasteiger partial charge < -0.3 is 4.90 Å². The van der Waals surface area contributed by atoms with Crippen LogP contribution in [0, 0.1) is 0 Å². The Bertz CT molecular complexity index is 1340. The number of amides is 1. The van der Waals surface area contributed by atoms with E-state index in [0.717, 1.165) is 26.2 Å². The summed E-state index contributed by atoms with van der Waals surface area (Å²) in [6, 6.07) is 37.9. The zero-order valence-corrected chi connectivity index (χ0v) is 20.6. The first-order valence-electron chi connectivity index (χ1n) is 10.9. The van der Waals surface area contributed by atoms with E-state index in [1.807, 2.05) is 66.7 Å². The number of halogens is 1. The molecule has 1 aliphatic heterocycles. The molecule has 5 rings (SSSR count). The average molecular weight is 525 g/mol. The highest BCUT2D eigenvalue weighted by molar-refractivity contribution is 9.10. The number of thioether (sulfide) groups is 1. The van der Waals surface area contributed by atoms with E-state index < -0.39 is 0 Å². The Morgan fingerprint density at radius 3 is 2.03 bits per heavy atom. The maximum Gasteiger partial charge on any atom is 0.279 e. The van der Waals surface area contributed by atoms with Crippen molar-refractivity contribution in [2.24, 2.45) is 4.99 Å². The SMILES string of the molecule is O=C(N=C1S/C(=C\c2ccccc2)C(c2ccccc2)N1c1ccccc1)c1ccc(Br)cc1. The van der Waals surface area contributed by atoms with Crippen molar-refractivity contribution in [1.29, 1.82) is 0 Å². The first-order chi connectivity index (χ1) is 16.7. The van der Waals surface area contributed by atoms with E-state index in [-0.39, 0.29) is 11.9 Å². The van der Waals surface area contributed by atoms with Gasteiger partial charge in [0, 0.05) is 20.6 Å². The molecule has 0 spiro atoms. The molecular weight excluding hydrogens is 504 g/mol. The minimum atomic E-state index is -0.260. The number of aliphatic imine (C=N–C) groups is 1. The molecular formula is C29H21BrN2OS. The van der Waals surface area contributed by atoms with Crippen molar-refractivity contribution in [3.63, 3.8) is 0 Å². The summed E-state index contributed by atoms with van der Waals surface area (Å²) >= 11 is 4.97. The lowest BCUT2D eigenvalue weighted by molar-refractivity contribution is 0.100. The molecule has 0 saturated carbocycles. The largest absolute Gasteiger partial charge is 0.308 e. The van der Waals surface area contributed by atoms with E-state index in [0.29, 0.717) is 10.7 Å². The zero-order chi connectivity index (χ0) is 23.3. The second-order valence-corrected chi connectivity index (χ2v) is 9.74. The van der Waals surface area contributed by atoms with Gasteiger partial charge in [-0.1, -0.05) is 107 Å². The lowest BCUT2D eigenvalue weighted by Gasteiger charge is -2.26. The molecule has 3 nitrogen and oxygen atoms in total. The maximum atomic E-state index is 13.1. The second-order valence-electron chi connectivity index (χ2n) is 7.78. The van der Waals surface area contributed by atoms with Crippen molar-refractivity contribution < 1.29 is 4.79 Å². The maximum absolute atomic E-state index is 13.1. The monoisotopic (exact) mass is 524 g/mol. The molecule has 1 saturated heterocycles. The molecule has 166 valence electrons. The number of para-hydroxylation sites is 1. The van der Waals surface area contributed by atoms with Crippen molar-refractivity contribution in [2.75, 3.05) is 4.90 Å². The summed E-state index contributed by atoms with van der Waals surface area (Å²) in [6.45, 7) is 0. The van der Waals surface area contributed by atoms with Crippen LogP contribution in [0.15, 0.2) is 130 Å². The standard InChI is InChI=1S/C29H21BrN2OS/c30-24-18-16-23(17-19-24)28(33)31-29-32(25-14-8-3-9-15-25)27(22-12-6-2-7-13-22)26(34-29)20-21-10-4-1-5-11-21/h1-20,27H/b26-20-,31-29?. The van der Waals surface area contributed by atoms with Gasteiger partial charge in [-0.25, -0.2) is 0 Å². The van der Waals surface area contributed by atoms with E-state index in [4.69, 9.17) is 0 Å². The summed E-state index contributed by atoms with van der Waals surface area (Å²) < 4.78 is 0.926. The van der Waals surface area contributed by atoms with Crippen molar-refractivity contribution in [3.05, 3.63) is 141 Å². The van der Waals surface area contributed by atoms with Gasteiger partial charge in [0.05, 0.1) is 6.04 Å². The van der Waals surface area contributed by atoms with Crippen LogP contribution < -0.4 is 4.90 Å². The Balaban J connectivity index is 1.65. The predicted octanol–water partition coefficient (Wildman–Crippen LogP) is 7.98. The molecule has 34 heavy (non-hydrogen) atoms. The quantitative estimate of drug-likeness (QED) is 0.271. The first kappa shape index (κ1) is 22.4. The Morgan fingerprint density at radius 1 is 0.794 bits per heavy atom. The summed E-state index contributed by atoms with van der Waals surface area (Å²) in [5.41, 5.74) is 3.80. The number of hydrogen-bond donors (Lipinski definition) is 0. The molecule has 0 bridgehead atoms. The van der Waals surface area contributed by atoms with Crippen molar-refractivity contribution in [2.45, 2.75) is 6.04 Å². The van der Waals surface area contributed by atoms with Gasteiger partial charge in [-0.3, -0.25) is 4.79 Å². The summed E-state index contributed by atoms with van der Waals surface area (Å²) in [5.74, 6) is -0.260. The number of hydrogen-bond acceptors (Lipinski definition) is 2. The van der Waals surface area contributed by atoms with Gasteiger partial charge >= 0.3 is 0 Å². The average Bonchev–Trinajstić information content (AvgIpc) is 3.23. The van der Waals surface area contributed by atoms with E-state index >= 15 is 0 Å². The smallest absolute Gasteiger partial charge is 0.279 e. The van der Waals surface area contributed by atoms with Gasteiger partial charge in [-0.05, 0) is 53.6 Å². The van der Waals surface area contributed by atoms with Crippen LogP contribution in [0.25, 0.3) is 6.08 Å². The van der Waals surface area contributed by atoms with Gasteiger partial charge in [0.15, 0.2) is 5.17 Å². The number of carbonyl (C=O) groups excluding carboxylic acids is 1. The van der Waals surface area contributed by atoms with Gasteiger partial charge in [-0.15, -0.1) is 0 Å². The summed E-state index contributed by atoms with van der Waals surface area (Å²) in [4.78, 5) is 21.0. The fourth-order valence-electron chi connectivity index (χ4n) is 3.89. The van der Waals surface area contributed by atoms with Gasteiger partial charge in [0.25, 0.3) is 5.91 Å². The number of nitrogens with zero attached hydrogens (tertiary/aromatic N) is 2.